The predicted octanol–water partition coefficient (Wildman–Crippen LogP) is 3.20. The smallest absolute Gasteiger partial charge is 0.193 e. The van der Waals surface area contributed by atoms with Crippen LogP contribution in [0.5, 0.6) is 0 Å². The minimum Gasteiger partial charge on any atom is -0.382 e. The monoisotopic (exact) mass is 481 g/mol. The Balaban J connectivity index is 0.00000312. The zero-order valence-electron chi connectivity index (χ0n) is 15.8. The summed E-state index contributed by atoms with van der Waals surface area (Å²) in [7, 11) is 3.57. The molecule has 25 heavy (non-hydrogen) atoms. The third kappa shape index (κ3) is 7.03. The summed E-state index contributed by atoms with van der Waals surface area (Å²) in [4.78, 5) is 8.21. The van der Waals surface area contributed by atoms with Crippen LogP contribution in [0.25, 0.3) is 0 Å². The van der Waals surface area contributed by atoms with E-state index in [0.29, 0.717) is 19.1 Å². The van der Waals surface area contributed by atoms with Crippen molar-refractivity contribution in [1.29, 1.82) is 0 Å². The van der Waals surface area contributed by atoms with E-state index in [2.05, 4.69) is 46.6 Å². The SMILES string of the molecule is CN=C(NCC(C)(C)c1cccs1)N1CCC(COCCOC)C1.I. The van der Waals surface area contributed by atoms with Gasteiger partial charge in [0.25, 0.3) is 0 Å². The van der Waals surface area contributed by atoms with Crippen molar-refractivity contribution in [2.75, 3.05) is 53.6 Å². The van der Waals surface area contributed by atoms with Crippen LogP contribution in [0, 0.1) is 5.92 Å². The lowest BCUT2D eigenvalue weighted by molar-refractivity contribution is 0.0536. The van der Waals surface area contributed by atoms with Crippen molar-refractivity contribution in [3.63, 3.8) is 0 Å². The maximum absolute atomic E-state index is 5.67. The van der Waals surface area contributed by atoms with Gasteiger partial charge in [-0.1, -0.05) is 19.9 Å². The predicted molar refractivity (Wildman–Crippen MR) is 116 cm³/mol. The van der Waals surface area contributed by atoms with E-state index in [4.69, 9.17) is 9.47 Å². The van der Waals surface area contributed by atoms with Gasteiger partial charge in [-0.25, -0.2) is 0 Å². The topological polar surface area (TPSA) is 46.1 Å². The third-order valence-corrected chi connectivity index (χ3v) is 5.70. The first-order valence-electron chi connectivity index (χ1n) is 8.63. The molecule has 0 spiro atoms. The summed E-state index contributed by atoms with van der Waals surface area (Å²) in [5, 5.41) is 5.70. The summed E-state index contributed by atoms with van der Waals surface area (Å²) >= 11 is 1.81. The van der Waals surface area contributed by atoms with Crippen molar-refractivity contribution in [2.24, 2.45) is 10.9 Å². The maximum atomic E-state index is 5.67. The van der Waals surface area contributed by atoms with E-state index in [9.17, 15) is 0 Å². The number of methoxy groups -OCH3 is 1. The molecule has 2 heterocycles. The average Bonchev–Trinajstić information content (AvgIpc) is 3.24. The van der Waals surface area contributed by atoms with Crippen LogP contribution < -0.4 is 5.32 Å². The highest BCUT2D eigenvalue weighted by molar-refractivity contribution is 14.0. The second-order valence-electron chi connectivity index (χ2n) is 6.93. The summed E-state index contributed by atoms with van der Waals surface area (Å²) in [6.45, 7) is 9.62. The number of guanidine groups is 1. The first-order valence-corrected chi connectivity index (χ1v) is 9.51. The molecule has 144 valence electrons. The Hall–Kier alpha value is -0.380. The van der Waals surface area contributed by atoms with Crippen LogP contribution in [0.15, 0.2) is 22.5 Å². The zero-order chi connectivity index (χ0) is 17.4. The molecular formula is C18H32IN3O2S. The number of thiophene rings is 1. The molecule has 0 bridgehead atoms. The molecule has 0 aliphatic carbocycles. The van der Waals surface area contributed by atoms with Crippen LogP contribution in [-0.2, 0) is 14.9 Å². The van der Waals surface area contributed by atoms with Crippen LogP contribution >= 0.6 is 35.3 Å². The molecule has 1 fully saturated rings. The Morgan fingerprint density at radius 2 is 2.24 bits per heavy atom. The van der Waals surface area contributed by atoms with E-state index in [1.54, 1.807) is 7.11 Å². The van der Waals surface area contributed by atoms with Crippen LogP contribution in [-0.4, -0.2) is 64.5 Å². The Morgan fingerprint density at radius 1 is 1.44 bits per heavy atom. The van der Waals surface area contributed by atoms with Gasteiger partial charge in [0.05, 0.1) is 19.8 Å². The van der Waals surface area contributed by atoms with Gasteiger partial charge in [-0.3, -0.25) is 4.99 Å². The van der Waals surface area contributed by atoms with Crippen molar-refractivity contribution in [1.82, 2.24) is 10.2 Å². The van der Waals surface area contributed by atoms with Gasteiger partial charge in [0.1, 0.15) is 0 Å². The standard InChI is InChI=1S/C18H31N3O2S.HI/c1-18(2,16-6-5-11-24-16)14-20-17(19-3)21-8-7-15(12-21)13-23-10-9-22-4;/h5-6,11,15H,7-10,12-14H2,1-4H3,(H,19,20);1H. The molecule has 1 N–H and O–H groups in total. The Labute approximate surface area is 173 Å². The number of halogens is 1. The summed E-state index contributed by atoms with van der Waals surface area (Å²) in [6, 6.07) is 4.32. The summed E-state index contributed by atoms with van der Waals surface area (Å²) in [5.41, 5.74) is 0.104. The van der Waals surface area contributed by atoms with Crippen molar-refractivity contribution in [3.8, 4) is 0 Å². The minimum atomic E-state index is 0. The molecule has 1 saturated heterocycles. The van der Waals surface area contributed by atoms with Crippen molar-refractivity contribution in [3.05, 3.63) is 22.4 Å². The Kier molecular flexibility index (Phi) is 10.3. The Bertz CT molecular complexity index is 508. The number of hydrogen-bond donors (Lipinski definition) is 1. The van der Waals surface area contributed by atoms with E-state index in [1.807, 2.05) is 18.4 Å². The normalized spacial score (nSPS) is 18.3. The summed E-state index contributed by atoms with van der Waals surface area (Å²) in [5.74, 6) is 1.57. The maximum Gasteiger partial charge on any atom is 0.193 e. The minimum absolute atomic E-state index is 0. The largest absolute Gasteiger partial charge is 0.382 e. The number of rotatable bonds is 8. The summed E-state index contributed by atoms with van der Waals surface area (Å²) in [6.07, 6.45) is 1.15. The molecule has 1 atom stereocenters. The number of nitrogens with zero attached hydrogens (tertiary/aromatic N) is 2. The zero-order valence-corrected chi connectivity index (χ0v) is 18.9. The van der Waals surface area contributed by atoms with Gasteiger partial charge in [0.2, 0.25) is 0 Å². The van der Waals surface area contributed by atoms with Gasteiger partial charge in [-0.05, 0) is 17.9 Å². The fourth-order valence-corrected chi connectivity index (χ4v) is 3.79. The summed E-state index contributed by atoms with van der Waals surface area (Å²) < 4.78 is 10.7. The van der Waals surface area contributed by atoms with Gasteiger partial charge in [0.15, 0.2) is 5.96 Å². The van der Waals surface area contributed by atoms with E-state index in [0.717, 1.165) is 38.6 Å². The molecule has 1 aliphatic heterocycles. The van der Waals surface area contributed by atoms with Crippen LogP contribution in [0.2, 0.25) is 0 Å². The molecule has 1 aliphatic rings. The Morgan fingerprint density at radius 3 is 2.88 bits per heavy atom. The fraction of sp³-hybridized carbons (Fsp3) is 0.722. The number of nitrogens with one attached hydrogen (secondary N) is 1. The lowest BCUT2D eigenvalue weighted by Crippen LogP contribution is -2.45. The highest BCUT2D eigenvalue weighted by atomic mass is 127. The van der Waals surface area contributed by atoms with Crippen molar-refractivity contribution < 1.29 is 9.47 Å². The number of aliphatic imine (C=N–C) groups is 1. The van der Waals surface area contributed by atoms with E-state index in [1.165, 1.54) is 4.88 Å². The van der Waals surface area contributed by atoms with E-state index < -0.39 is 0 Å². The number of ether oxygens (including phenoxy) is 2. The van der Waals surface area contributed by atoms with Gasteiger partial charge in [0, 0.05) is 50.0 Å². The van der Waals surface area contributed by atoms with Crippen LogP contribution in [0.1, 0.15) is 25.1 Å². The first-order chi connectivity index (χ1) is 11.6. The molecule has 1 aromatic heterocycles. The quantitative estimate of drug-likeness (QED) is 0.268. The lowest BCUT2D eigenvalue weighted by atomic mass is 9.91. The van der Waals surface area contributed by atoms with Crippen molar-refractivity contribution >= 4 is 41.3 Å². The molecule has 0 amide bonds. The van der Waals surface area contributed by atoms with Gasteiger partial charge in [-0.15, -0.1) is 35.3 Å². The molecule has 5 nitrogen and oxygen atoms in total. The van der Waals surface area contributed by atoms with Gasteiger partial charge in [-0.2, -0.15) is 0 Å². The molecule has 0 saturated carbocycles. The highest BCUT2D eigenvalue weighted by Gasteiger charge is 2.27. The lowest BCUT2D eigenvalue weighted by Gasteiger charge is -2.28. The molecule has 7 heteroatoms. The third-order valence-electron chi connectivity index (χ3n) is 4.46. The molecule has 0 radical (unpaired) electrons. The van der Waals surface area contributed by atoms with Gasteiger partial charge < -0.3 is 19.7 Å². The number of likely N-dealkylation sites (tertiary alicyclic amines) is 1. The molecule has 2 rings (SSSR count). The molecular weight excluding hydrogens is 449 g/mol. The molecule has 0 aromatic carbocycles. The second kappa shape index (κ2) is 11.4. The second-order valence-corrected chi connectivity index (χ2v) is 7.88. The van der Waals surface area contributed by atoms with Crippen LogP contribution in [0.4, 0.5) is 0 Å². The molecule has 1 aromatic rings. The van der Waals surface area contributed by atoms with Gasteiger partial charge >= 0.3 is 0 Å². The van der Waals surface area contributed by atoms with Crippen molar-refractivity contribution in [2.45, 2.75) is 25.7 Å². The van der Waals surface area contributed by atoms with E-state index >= 15 is 0 Å². The first kappa shape index (κ1) is 22.7. The number of hydrogen-bond acceptors (Lipinski definition) is 4. The van der Waals surface area contributed by atoms with Crippen LogP contribution in [0.3, 0.4) is 0 Å². The average molecular weight is 481 g/mol. The fourth-order valence-electron chi connectivity index (χ4n) is 2.94. The van der Waals surface area contributed by atoms with E-state index in [-0.39, 0.29) is 29.4 Å². The highest BCUT2D eigenvalue weighted by Crippen LogP contribution is 2.26. The molecule has 1 unspecified atom stereocenters.